The van der Waals surface area contributed by atoms with Gasteiger partial charge in [-0.1, -0.05) is 31.2 Å². The fourth-order valence-electron chi connectivity index (χ4n) is 8.89. The normalized spacial score (nSPS) is 36.1. The summed E-state index contributed by atoms with van der Waals surface area (Å²) in [5.41, 5.74) is 1.83. The molecule has 6 rings (SSSR count). The van der Waals surface area contributed by atoms with Crippen molar-refractivity contribution in [1.29, 1.82) is 0 Å². The van der Waals surface area contributed by atoms with Crippen LogP contribution in [0.4, 0.5) is 4.39 Å². The van der Waals surface area contributed by atoms with Crippen LogP contribution < -0.4 is 0 Å². The van der Waals surface area contributed by atoms with Gasteiger partial charge >= 0.3 is 5.97 Å². The second-order valence-corrected chi connectivity index (χ2v) is 13.3. The van der Waals surface area contributed by atoms with Crippen molar-refractivity contribution < 1.29 is 28.6 Å². The lowest BCUT2D eigenvalue weighted by Gasteiger charge is -2.60. The monoisotopic (exact) mass is 569 g/mol. The molecule has 3 fully saturated rings. The maximum Gasteiger partial charge on any atom is 0.303 e. The predicted molar refractivity (Wildman–Crippen MR) is 148 cm³/mol. The zero-order valence-electron chi connectivity index (χ0n) is 23.4. The molecule has 0 amide bonds. The molecular weight excluding hydrogens is 533 g/mol. The summed E-state index contributed by atoms with van der Waals surface area (Å²) in [4.78, 5) is 29.8. The molecule has 0 saturated heterocycles. The van der Waals surface area contributed by atoms with Crippen LogP contribution in [0.15, 0.2) is 30.1 Å². The van der Waals surface area contributed by atoms with E-state index in [0.717, 1.165) is 48.7 Å². The molecule has 0 aromatic carbocycles. The Labute approximate surface area is 237 Å². The number of carbonyl (C=O) groups excluding carboxylic acids is 2. The number of hydrogen-bond donors (Lipinski definition) is 1. The number of esters is 1. The number of halogens is 1. The number of thioether (sulfide) groups is 1. The molecule has 0 radical (unpaired) electrons. The topological polar surface area (TPSA) is 104 Å². The van der Waals surface area contributed by atoms with E-state index in [9.17, 15) is 19.1 Å². The van der Waals surface area contributed by atoms with E-state index in [1.807, 2.05) is 17.8 Å². The Hall–Kier alpha value is -2.56. The number of pyridine rings is 1. The van der Waals surface area contributed by atoms with Gasteiger partial charge in [0, 0.05) is 19.4 Å². The Balaban J connectivity index is 1.35. The quantitative estimate of drug-likeness (QED) is 0.313. The molecule has 214 valence electrons. The zero-order valence-corrected chi connectivity index (χ0v) is 24.2. The van der Waals surface area contributed by atoms with Gasteiger partial charge in [0.05, 0.1) is 35.8 Å². The highest BCUT2D eigenvalue weighted by molar-refractivity contribution is 8.13. The number of nitrogens with zero attached hydrogens (tertiary/aromatic N) is 3. The average molecular weight is 570 g/mol. The van der Waals surface area contributed by atoms with Crippen LogP contribution in [0.25, 0.3) is 11.8 Å². The van der Waals surface area contributed by atoms with Crippen LogP contribution >= 0.6 is 11.8 Å². The number of fused-ring (bicyclic) bond motifs is 6. The van der Waals surface area contributed by atoms with E-state index in [4.69, 9.17) is 9.47 Å². The smallest absolute Gasteiger partial charge is 0.303 e. The van der Waals surface area contributed by atoms with Gasteiger partial charge in [-0.3, -0.25) is 9.59 Å². The maximum atomic E-state index is 13.6. The van der Waals surface area contributed by atoms with Crippen molar-refractivity contribution in [3.8, 4) is 5.69 Å². The number of methoxy groups -OCH3 is 1. The molecule has 10 heteroatoms. The van der Waals surface area contributed by atoms with Crippen molar-refractivity contribution >= 4 is 28.9 Å². The highest BCUT2D eigenvalue weighted by Crippen LogP contribution is 2.68. The Bertz CT molecular complexity index is 1380. The number of carbonyl (C=O) groups is 2. The van der Waals surface area contributed by atoms with Gasteiger partial charge in [-0.25, -0.2) is 9.67 Å². The fraction of sp³-hybridized carbons (Fsp3) is 0.600. The standard InChI is InChI=1S/C30H36FN3O5S/c1-17(35)39-30(27(37)40-16-38-4)10-9-22-21-7-5-19-11-23-18(14-33-34(23)20-6-8-25(31)32-15-20)12-28(19,2)26(21)24(36)13-29(22,30)3/h6,8,11,14-15,21-22,24,26,36H,5,7,9-10,12-13,16H2,1-4H3/t21-,22-,24-,26+,28+,29-,30-/m0/s1. The first kappa shape index (κ1) is 27.6. The van der Waals surface area contributed by atoms with Gasteiger partial charge < -0.3 is 14.6 Å². The van der Waals surface area contributed by atoms with Crippen molar-refractivity contribution in [3.63, 3.8) is 0 Å². The molecule has 7 atom stereocenters. The summed E-state index contributed by atoms with van der Waals surface area (Å²) < 4.78 is 26.4. The summed E-state index contributed by atoms with van der Waals surface area (Å²) in [6.45, 7) is 5.66. The van der Waals surface area contributed by atoms with Crippen LogP contribution in [0.3, 0.4) is 0 Å². The fourth-order valence-corrected chi connectivity index (χ4v) is 9.73. The molecule has 8 nitrogen and oxygen atoms in total. The number of allylic oxidation sites excluding steroid dienone is 1. The summed E-state index contributed by atoms with van der Waals surface area (Å²) in [6.07, 6.45) is 9.02. The van der Waals surface area contributed by atoms with Crippen LogP contribution in [-0.4, -0.2) is 55.7 Å². The van der Waals surface area contributed by atoms with Crippen LogP contribution in [0.2, 0.25) is 0 Å². The highest BCUT2D eigenvalue weighted by atomic mass is 32.2. The average Bonchev–Trinajstić information content (AvgIpc) is 3.43. The van der Waals surface area contributed by atoms with Gasteiger partial charge in [-0.15, -0.1) is 0 Å². The first-order valence-corrected chi connectivity index (χ1v) is 15.0. The molecule has 2 aromatic rings. The number of aromatic nitrogens is 3. The summed E-state index contributed by atoms with van der Waals surface area (Å²) >= 11 is 1.05. The summed E-state index contributed by atoms with van der Waals surface area (Å²) in [5.74, 6) is -0.487. The van der Waals surface area contributed by atoms with Gasteiger partial charge in [0.25, 0.3) is 0 Å². The SMILES string of the molecule is COCSC(=O)[C@@]1(OC(C)=O)CC[C@H]2[C@@H]3CCC4=Cc5c(cnn5-c5ccc(F)nc5)C[C@@]4(C)[C@H]3[C@@H](O)C[C@@]21C. The zero-order chi connectivity index (χ0) is 28.4. The molecule has 0 unspecified atom stereocenters. The number of ether oxygens (including phenoxy) is 2. The van der Waals surface area contributed by atoms with Gasteiger partial charge in [-0.2, -0.15) is 9.49 Å². The first-order valence-electron chi connectivity index (χ1n) is 14.0. The van der Waals surface area contributed by atoms with E-state index in [1.165, 1.54) is 31.9 Å². The molecule has 2 heterocycles. The molecule has 1 N–H and O–H groups in total. The number of aliphatic hydroxyl groups is 1. The number of hydrogen-bond acceptors (Lipinski definition) is 8. The number of rotatable bonds is 5. The van der Waals surface area contributed by atoms with Crippen molar-refractivity contribution in [2.24, 2.45) is 28.6 Å². The van der Waals surface area contributed by atoms with Crippen molar-refractivity contribution in [2.75, 3.05) is 13.0 Å². The molecule has 4 aliphatic carbocycles. The van der Waals surface area contributed by atoms with Crippen LogP contribution in [-0.2, 0) is 25.5 Å². The number of aliphatic hydroxyl groups excluding tert-OH is 1. The third-order valence-electron chi connectivity index (χ3n) is 10.5. The molecule has 4 aliphatic rings. The van der Waals surface area contributed by atoms with Gasteiger partial charge in [-0.05, 0) is 85.5 Å². The van der Waals surface area contributed by atoms with E-state index < -0.39 is 29.0 Å². The Morgan fingerprint density at radius 1 is 1.25 bits per heavy atom. The lowest BCUT2D eigenvalue weighted by molar-refractivity contribution is -0.195. The van der Waals surface area contributed by atoms with E-state index in [0.29, 0.717) is 18.5 Å². The summed E-state index contributed by atoms with van der Waals surface area (Å²) in [5, 5.41) is 16.4. The Morgan fingerprint density at radius 2 is 2.05 bits per heavy atom. The third-order valence-corrected chi connectivity index (χ3v) is 11.4. The molecule has 40 heavy (non-hydrogen) atoms. The molecule has 3 saturated carbocycles. The first-order chi connectivity index (χ1) is 19.0. The van der Waals surface area contributed by atoms with Crippen LogP contribution in [0, 0.1) is 34.5 Å². The minimum absolute atomic E-state index is 0.00409. The Kier molecular flexibility index (Phi) is 6.74. The van der Waals surface area contributed by atoms with Crippen molar-refractivity contribution in [1.82, 2.24) is 14.8 Å². The third kappa shape index (κ3) is 3.93. The van der Waals surface area contributed by atoms with Crippen LogP contribution in [0.5, 0.6) is 0 Å². The Morgan fingerprint density at radius 3 is 2.75 bits per heavy atom. The molecule has 2 aromatic heterocycles. The van der Waals surface area contributed by atoms with E-state index in [2.05, 4.69) is 23.1 Å². The van der Waals surface area contributed by atoms with Crippen molar-refractivity contribution in [2.45, 2.75) is 71.0 Å². The second-order valence-electron chi connectivity index (χ2n) is 12.4. The summed E-state index contributed by atoms with van der Waals surface area (Å²) in [6, 6.07) is 3.01. The molecule has 0 aliphatic heterocycles. The van der Waals surface area contributed by atoms with Crippen molar-refractivity contribution in [3.05, 3.63) is 47.3 Å². The predicted octanol–water partition coefficient (Wildman–Crippen LogP) is 4.72. The lowest BCUT2D eigenvalue weighted by atomic mass is 9.45. The molecule has 0 spiro atoms. The van der Waals surface area contributed by atoms with Gasteiger partial charge in [0.2, 0.25) is 11.1 Å². The van der Waals surface area contributed by atoms with Gasteiger partial charge in [0.15, 0.2) is 5.60 Å². The summed E-state index contributed by atoms with van der Waals surface area (Å²) in [7, 11) is 1.54. The largest absolute Gasteiger partial charge is 0.450 e. The van der Waals surface area contributed by atoms with Crippen LogP contribution in [0.1, 0.15) is 64.1 Å². The molecule has 0 bridgehead atoms. The van der Waals surface area contributed by atoms with Gasteiger partial charge in [0.1, 0.15) is 0 Å². The highest BCUT2D eigenvalue weighted by Gasteiger charge is 2.70. The minimum atomic E-state index is -1.28. The van der Waals surface area contributed by atoms with E-state index in [1.54, 1.807) is 6.07 Å². The van der Waals surface area contributed by atoms with E-state index >= 15 is 0 Å². The second kappa shape index (κ2) is 9.77. The van der Waals surface area contributed by atoms with E-state index in [-0.39, 0.29) is 34.2 Å². The maximum absolute atomic E-state index is 13.6. The lowest BCUT2D eigenvalue weighted by Crippen LogP contribution is -2.62. The minimum Gasteiger partial charge on any atom is -0.450 e. The molecular formula is C30H36FN3O5S.